The number of nitrogens with one attached hydrogen (secondary N) is 1. The summed E-state index contributed by atoms with van der Waals surface area (Å²) in [5.74, 6) is 2.03. The summed E-state index contributed by atoms with van der Waals surface area (Å²) in [6.45, 7) is 3.38. The van der Waals surface area contributed by atoms with E-state index in [9.17, 15) is 0 Å². The van der Waals surface area contributed by atoms with Crippen LogP contribution in [0.3, 0.4) is 0 Å². The smallest absolute Gasteiger partial charge is 0.193 e. The van der Waals surface area contributed by atoms with Crippen molar-refractivity contribution in [1.82, 2.24) is 4.90 Å². The van der Waals surface area contributed by atoms with E-state index in [2.05, 4.69) is 15.2 Å². The molecule has 0 aromatic heterocycles. The SMILES string of the molecule is NC(=NCC1CCCCN1C1CC1)Nc1ccc2c(c1)OCCCO2. The van der Waals surface area contributed by atoms with E-state index >= 15 is 0 Å². The molecule has 136 valence electrons. The van der Waals surface area contributed by atoms with Crippen LogP contribution in [0.5, 0.6) is 11.5 Å². The zero-order valence-corrected chi connectivity index (χ0v) is 14.7. The normalized spacial score (nSPS) is 24.6. The van der Waals surface area contributed by atoms with Crippen LogP contribution in [0.15, 0.2) is 23.2 Å². The molecular weight excluding hydrogens is 316 g/mol. The van der Waals surface area contributed by atoms with Crippen molar-refractivity contribution in [3.05, 3.63) is 18.2 Å². The van der Waals surface area contributed by atoms with Crippen LogP contribution in [-0.2, 0) is 0 Å². The van der Waals surface area contributed by atoms with Crippen LogP contribution in [-0.4, -0.2) is 49.2 Å². The maximum Gasteiger partial charge on any atom is 0.193 e. The Morgan fingerprint density at radius 1 is 1.12 bits per heavy atom. The second-order valence-corrected chi connectivity index (χ2v) is 7.18. The summed E-state index contributed by atoms with van der Waals surface area (Å²) in [5, 5.41) is 3.19. The summed E-state index contributed by atoms with van der Waals surface area (Å²) >= 11 is 0. The molecule has 6 heteroatoms. The second-order valence-electron chi connectivity index (χ2n) is 7.18. The molecule has 0 bridgehead atoms. The van der Waals surface area contributed by atoms with Crippen LogP contribution < -0.4 is 20.5 Å². The number of nitrogens with zero attached hydrogens (tertiary/aromatic N) is 2. The minimum Gasteiger partial charge on any atom is -0.490 e. The third-order valence-electron chi connectivity index (χ3n) is 5.18. The van der Waals surface area contributed by atoms with E-state index in [4.69, 9.17) is 15.2 Å². The fraction of sp³-hybridized carbons (Fsp3) is 0.632. The van der Waals surface area contributed by atoms with Gasteiger partial charge in [0.1, 0.15) is 0 Å². The molecule has 1 saturated carbocycles. The molecule has 2 fully saturated rings. The predicted molar refractivity (Wildman–Crippen MR) is 99.5 cm³/mol. The largest absolute Gasteiger partial charge is 0.490 e. The number of ether oxygens (including phenoxy) is 2. The van der Waals surface area contributed by atoms with Gasteiger partial charge < -0.3 is 20.5 Å². The highest BCUT2D eigenvalue weighted by atomic mass is 16.5. The van der Waals surface area contributed by atoms with Crippen LogP contribution in [0, 0.1) is 0 Å². The topological polar surface area (TPSA) is 72.1 Å². The minimum absolute atomic E-state index is 0.468. The molecular formula is C19H28N4O2. The zero-order chi connectivity index (χ0) is 17.1. The molecule has 25 heavy (non-hydrogen) atoms. The summed E-state index contributed by atoms with van der Waals surface area (Å²) in [6, 6.07) is 7.15. The molecule has 2 heterocycles. The van der Waals surface area contributed by atoms with Crippen molar-refractivity contribution >= 4 is 11.6 Å². The number of aliphatic imine (C=N–C) groups is 1. The first-order valence-electron chi connectivity index (χ1n) is 9.52. The minimum atomic E-state index is 0.468. The monoisotopic (exact) mass is 344 g/mol. The Morgan fingerprint density at radius 3 is 2.80 bits per heavy atom. The average molecular weight is 344 g/mol. The van der Waals surface area contributed by atoms with Crippen molar-refractivity contribution in [2.24, 2.45) is 10.7 Å². The van der Waals surface area contributed by atoms with Crippen LogP contribution in [0.25, 0.3) is 0 Å². The average Bonchev–Trinajstić information content (AvgIpc) is 3.47. The van der Waals surface area contributed by atoms with E-state index in [-0.39, 0.29) is 0 Å². The van der Waals surface area contributed by atoms with Crippen molar-refractivity contribution in [2.75, 3.05) is 31.6 Å². The number of nitrogens with two attached hydrogens (primary N) is 1. The van der Waals surface area contributed by atoms with Gasteiger partial charge in [0.05, 0.1) is 19.8 Å². The summed E-state index contributed by atoms with van der Waals surface area (Å²) < 4.78 is 11.4. The maximum atomic E-state index is 6.12. The van der Waals surface area contributed by atoms with Gasteiger partial charge in [-0.25, -0.2) is 0 Å². The number of piperidine rings is 1. The standard InChI is InChI=1S/C19H28N4O2/c20-19(21-13-16-4-1-2-9-23(16)15-6-7-15)22-14-5-8-17-18(12-14)25-11-3-10-24-17/h5,8,12,15-16H,1-4,6-7,9-11,13H2,(H3,20,21,22). The number of anilines is 1. The van der Waals surface area contributed by atoms with Crippen LogP contribution in [0.4, 0.5) is 5.69 Å². The summed E-state index contributed by atoms with van der Waals surface area (Å²) in [5.41, 5.74) is 7.00. The van der Waals surface area contributed by atoms with Gasteiger partial charge in [0, 0.05) is 30.3 Å². The molecule has 4 rings (SSSR count). The summed E-state index contributed by atoms with van der Waals surface area (Å²) in [6.07, 6.45) is 7.47. The predicted octanol–water partition coefficient (Wildman–Crippen LogP) is 2.59. The highest BCUT2D eigenvalue weighted by Gasteiger charge is 2.34. The molecule has 1 saturated heterocycles. The Hall–Kier alpha value is -1.95. The van der Waals surface area contributed by atoms with Crippen molar-refractivity contribution < 1.29 is 9.47 Å². The number of hydrogen-bond donors (Lipinski definition) is 2. The lowest BCUT2D eigenvalue weighted by atomic mass is 10.0. The number of guanidine groups is 1. The van der Waals surface area contributed by atoms with Crippen molar-refractivity contribution in [3.63, 3.8) is 0 Å². The molecule has 0 radical (unpaired) electrons. The number of rotatable bonds is 4. The van der Waals surface area contributed by atoms with Crippen LogP contribution in [0.2, 0.25) is 0 Å². The Bertz CT molecular complexity index is 630. The fourth-order valence-corrected chi connectivity index (χ4v) is 3.74. The summed E-state index contributed by atoms with van der Waals surface area (Å²) in [4.78, 5) is 7.25. The number of fused-ring (bicyclic) bond motifs is 1. The first-order chi connectivity index (χ1) is 12.3. The lowest BCUT2D eigenvalue weighted by Crippen LogP contribution is -2.43. The molecule has 2 aliphatic heterocycles. The Morgan fingerprint density at radius 2 is 1.96 bits per heavy atom. The van der Waals surface area contributed by atoms with Crippen molar-refractivity contribution in [1.29, 1.82) is 0 Å². The first-order valence-corrected chi connectivity index (χ1v) is 9.52. The van der Waals surface area contributed by atoms with Crippen molar-refractivity contribution in [2.45, 2.75) is 50.6 Å². The number of benzene rings is 1. The quantitative estimate of drug-likeness (QED) is 0.649. The van der Waals surface area contributed by atoms with E-state index in [1.165, 1.54) is 38.6 Å². The summed E-state index contributed by atoms with van der Waals surface area (Å²) in [7, 11) is 0. The van der Waals surface area contributed by atoms with Crippen LogP contribution >= 0.6 is 0 Å². The molecule has 0 spiro atoms. The fourth-order valence-electron chi connectivity index (χ4n) is 3.74. The van der Waals surface area contributed by atoms with Crippen LogP contribution in [0.1, 0.15) is 38.5 Å². The van der Waals surface area contributed by atoms with E-state index in [0.717, 1.165) is 36.2 Å². The van der Waals surface area contributed by atoms with Gasteiger partial charge in [0.2, 0.25) is 0 Å². The van der Waals surface area contributed by atoms with Gasteiger partial charge in [0.15, 0.2) is 17.5 Å². The van der Waals surface area contributed by atoms with Gasteiger partial charge in [-0.3, -0.25) is 9.89 Å². The molecule has 3 aliphatic rings. The molecule has 1 atom stereocenters. The molecule has 1 unspecified atom stereocenters. The van der Waals surface area contributed by atoms with Gasteiger partial charge in [-0.1, -0.05) is 6.42 Å². The second kappa shape index (κ2) is 7.52. The highest BCUT2D eigenvalue weighted by molar-refractivity contribution is 5.92. The highest BCUT2D eigenvalue weighted by Crippen LogP contribution is 2.33. The third-order valence-corrected chi connectivity index (χ3v) is 5.18. The van der Waals surface area contributed by atoms with Gasteiger partial charge >= 0.3 is 0 Å². The molecule has 6 nitrogen and oxygen atoms in total. The van der Waals surface area contributed by atoms with E-state index in [1.54, 1.807) is 0 Å². The lowest BCUT2D eigenvalue weighted by molar-refractivity contribution is 0.144. The maximum absolute atomic E-state index is 6.12. The molecule has 0 amide bonds. The molecule has 3 N–H and O–H groups in total. The van der Waals surface area contributed by atoms with E-state index < -0.39 is 0 Å². The first kappa shape index (κ1) is 16.5. The molecule has 1 aromatic rings. The Kier molecular flexibility index (Phi) is 4.97. The van der Waals surface area contributed by atoms with Gasteiger partial charge in [-0.15, -0.1) is 0 Å². The van der Waals surface area contributed by atoms with Gasteiger partial charge in [-0.05, 0) is 44.4 Å². The van der Waals surface area contributed by atoms with E-state index in [0.29, 0.717) is 25.2 Å². The van der Waals surface area contributed by atoms with Gasteiger partial charge in [-0.2, -0.15) is 0 Å². The Balaban J connectivity index is 1.37. The Labute approximate surface area is 149 Å². The third kappa shape index (κ3) is 4.18. The van der Waals surface area contributed by atoms with Gasteiger partial charge in [0.25, 0.3) is 0 Å². The number of likely N-dealkylation sites (tertiary alicyclic amines) is 1. The zero-order valence-electron chi connectivity index (χ0n) is 14.7. The van der Waals surface area contributed by atoms with Crippen molar-refractivity contribution in [3.8, 4) is 11.5 Å². The lowest BCUT2D eigenvalue weighted by Gasteiger charge is -2.35. The molecule has 1 aliphatic carbocycles. The van der Waals surface area contributed by atoms with E-state index in [1.807, 2.05) is 18.2 Å². The number of hydrogen-bond acceptors (Lipinski definition) is 4. The molecule has 1 aromatic carbocycles.